The van der Waals surface area contributed by atoms with Crippen LogP contribution in [0.25, 0.3) is 0 Å². The zero-order valence-corrected chi connectivity index (χ0v) is 9.27. The lowest BCUT2D eigenvalue weighted by Crippen LogP contribution is -2.13. The van der Waals surface area contributed by atoms with Crippen LogP contribution in [-0.4, -0.2) is 43.6 Å². The van der Waals surface area contributed by atoms with E-state index in [0.717, 1.165) is 0 Å². The van der Waals surface area contributed by atoms with Crippen LogP contribution in [0.1, 0.15) is 0 Å². The number of nitrogens with zero attached hydrogens (tertiary/aromatic N) is 1. The maximum Gasteiger partial charge on any atom is 0.215 e. The molecule has 0 bridgehead atoms. The monoisotopic (exact) mass is 227 g/mol. The number of methoxy groups -OCH3 is 1. The maximum absolute atomic E-state index is 8.50. The highest BCUT2D eigenvalue weighted by Crippen LogP contribution is 2.18. The second-order valence-corrected chi connectivity index (χ2v) is 3.05. The van der Waals surface area contributed by atoms with Gasteiger partial charge >= 0.3 is 0 Å². The number of pyridine rings is 1. The van der Waals surface area contributed by atoms with E-state index in [1.165, 1.54) is 0 Å². The Morgan fingerprint density at radius 1 is 1.44 bits per heavy atom. The molecule has 1 aromatic rings. The summed E-state index contributed by atoms with van der Waals surface area (Å²) in [5.74, 6) is 1.08. The van der Waals surface area contributed by atoms with Gasteiger partial charge < -0.3 is 25.6 Å². The molecule has 0 aromatic carbocycles. The number of aromatic nitrogens is 1. The van der Waals surface area contributed by atoms with Crippen molar-refractivity contribution in [2.75, 3.05) is 44.5 Å². The standard InChI is InChI=1S/C10H17N3O3/c1-15-9-3-2-8(11)10(13-9)12-4-6-16-7-5-14/h2-3,14H,4-7,11H2,1H3,(H,12,13). The zero-order valence-electron chi connectivity index (χ0n) is 9.27. The molecule has 4 N–H and O–H groups in total. The van der Waals surface area contributed by atoms with Crippen LogP contribution in [0.15, 0.2) is 12.1 Å². The smallest absolute Gasteiger partial charge is 0.215 e. The molecule has 0 saturated heterocycles. The van der Waals surface area contributed by atoms with E-state index in [1.807, 2.05) is 0 Å². The van der Waals surface area contributed by atoms with E-state index >= 15 is 0 Å². The summed E-state index contributed by atoms with van der Waals surface area (Å²) in [6.45, 7) is 1.42. The molecule has 1 heterocycles. The minimum atomic E-state index is 0.0273. The number of nitrogens with two attached hydrogens (primary N) is 1. The van der Waals surface area contributed by atoms with Crippen molar-refractivity contribution in [2.45, 2.75) is 0 Å². The molecule has 16 heavy (non-hydrogen) atoms. The molecule has 0 aliphatic carbocycles. The van der Waals surface area contributed by atoms with Crippen molar-refractivity contribution < 1.29 is 14.6 Å². The third-order valence-corrected chi connectivity index (χ3v) is 1.88. The lowest BCUT2D eigenvalue weighted by molar-refractivity contribution is 0.0992. The van der Waals surface area contributed by atoms with Gasteiger partial charge in [-0.15, -0.1) is 0 Å². The third kappa shape index (κ3) is 3.92. The predicted octanol–water partition coefficient (Wildman–Crippen LogP) is 0.0932. The van der Waals surface area contributed by atoms with Gasteiger partial charge in [-0.25, -0.2) is 0 Å². The van der Waals surface area contributed by atoms with E-state index in [4.69, 9.17) is 20.3 Å². The van der Waals surface area contributed by atoms with Crippen molar-refractivity contribution in [3.8, 4) is 5.88 Å². The van der Waals surface area contributed by atoms with Gasteiger partial charge in [-0.1, -0.05) is 0 Å². The Kier molecular flexibility index (Phi) is 5.38. The number of nitrogens with one attached hydrogen (secondary N) is 1. The number of anilines is 2. The van der Waals surface area contributed by atoms with E-state index in [9.17, 15) is 0 Å². The molecule has 0 spiro atoms. The molecule has 0 amide bonds. The van der Waals surface area contributed by atoms with Crippen LogP contribution >= 0.6 is 0 Å². The van der Waals surface area contributed by atoms with Gasteiger partial charge in [0.25, 0.3) is 0 Å². The van der Waals surface area contributed by atoms with Gasteiger partial charge in [-0.05, 0) is 6.07 Å². The summed E-state index contributed by atoms with van der Waals surface area (Å²) in [6.07, 6.45) is 0. The lowest BCUT2D eigenvalue weighted by atomic mass is 10.4. The highest BCUT2D eigenvalue weighted by atomic mass is 16.5. The summed E-state index contributed by atoms with van der Waals surface area (Å²) >= 11 is 0. The largest absolute Gasteiger partial charge is 0.481 e. The van der Waals surface area contributed by atoms with Gasteiger partial charge in [0.15, 0.2) is 5.82 Å². The van der Waals surface area contributed by atoms with Crippen LogP contribution in [0.2, 0.25) is 0 Å². The fourth-order valence-electron chi connectivity index (χ4n) is 1.12. The SMILES string of the molecule is COc1ccc(N)c(NCCOCCO)n1. The Morgan fingerprint density at radius 2 is 2.25 bits per heavy atom. The van der Waals surface area contributed by atoms with E-state index < -0.39 is 0 Å². The fraction of sp³-hybridized carbons (Fsp3) is 0.500. The van der Waals surface area contributed by atoms with Gasteiger partial charge in [0.05, 0.1) is 32.6 Å². The number of aliphatic hydroxyl groups excluding tert-OH is 1. The Bertz CT molecular complexity index is 320. The molecular weight excluding hydrogens is 210 g/mol. The second kappa shape index (κ2) is 6.86. The molecule has 0 radical (unpaired) electrons. The quantitative estimate of drug-likeness (QED) is 0.572. The number of rotatable bonds is 7. The Morgan fingerprint density at radius 3 is 2.94 bits per heavy atom. The van der Waals surface area contributed by atoms with Gasteiger partial charge in [-0.3, -0.25) is 0 Å². The summed E-state index contributed by atoms with van der Waals surface area (Å²) in [6, 6.07) is 3.42. The van der Waals surface area contributed by atoms with Crippen molar-refractivity contribution in [3.05, 3.63) is 12.1 Å². The van der Waals surface area contributed by atoms with Crippen LogP contribution in [0, 0.1) is 0 Å². The van der Waals surface area contributed by atoms with E-state index in [2.05, 4.69) is 10.3 Å². The molecule has 6 nitrogen and oxygen atoms in total. The van der Waals surface area contributed by atoms with Gasteiger partial charge in [0, 0.05) is 12.6 Å². The Labute approximate surface area is 94.4 Å². The highest BCUT2D eigenvalue weighted by Gasteiger charge is 2.02. The topological polar surface area (TPSA) is 89.6 Å². The zero-order chi connectivity index (χ0) is 11.8. The molecule has 1 aromatic heterocycles. The first-order chi connectivity index (χ1) is 7.77. The summed E-state index contributed by atoms with van der Waals surface area (Å²) in [5, 5.41) is 11.5. The number of aliphatic hydroxyl groups is 1. The molecule has 0 fully saturated rings. The van der Waals surface area contributed by atoms with Crippen LogP contribution in [0.3, 0.4) is 0 Å². The number of nitrogen functional groups attached to an aromatic ring is 1. The van der Waals surface area contributed by atoms with E-state index in [0.29, 0.717) is 37.1 Å². The second-order valence-electron chi connectivity index (χ2n) is 3.05. The predicted molar refractivity (Wildman–Crippen MR) is 61.6 cm³/mol. The molecule has 0 atom stereocenters. The van der Waals surface area contributed by atoms with Gasteiger partial charge in [0.2, 0.25) is 5.88 Å². The number of hydrogen-bond acceptors (Lipinski definition) is 6. The molecule has 0 unspecified atom stereocenters. The van der Waals surface area contributed by atoms with Crippen LogP contribution in [-0.2, 0) is 4.74 Å². The van der Waals surface area contributed by atoms with E-state index in [-0.39, 0.29) is 6.61 Å². The van der Waals surface area contributed by atoms with Gasteiger partial charge in [0.1, 0.15) is 0 Å². The molecule has 6 heteroatoms. The van der Waals surface area contributed by atoms with Crippen LogP contribution in [0.5, 0.6) is 5.88 Å². The number of hydrogen-bond donors (Lipinski definition) is 3. The fourth-order valence-corrected chi connectivity index (χ4v) is 1.12. The molecular formula is C10H17N3O3. The van der Waals surface area contributed by atoms with Crippen molar-refractivity contribution in [1.82, 2.24) is 4.98 Å². The molecule has 0 aliphatic rings. The minimum absolute atomic E-state index is 0.0273. The molecule has 90 valence electrons. The van der Waals surface area contributed by atoms with Crippen molar-refractivity contribution in [2.24, 2.45) is 0 Å². The molecule has 1 rings (SSSR count). The summed E-state index contributed by atoms with van der Waals surface area (Å²) in [7, 11) is 1.55. The summed E-state index contributed by atoms with van der Waals surface area (Å²) in [4.78, 5) is 4.15. The average Bonchev–Trinajstić information content (AvgIpc) is 2.31. The average molecular weight is 227 g/mol. The van der Waals surface area contributed by atoms with E-state index in [1.54, 1.807) is 19.2 Å². The van der Waals surface area contributed by atoms with Crippen LogP contribution in [0.4, 0.5) is 11.5 Å². The first-order valence-corrected chi connectivity index (χ1v) is 5.01. The Balaban J connectivity index is 2.40. The van der Waals surface area contributed by atoms with Crippen molar-refractivity contribution >= 4 is 11.5 Å². The first kappa shape index (κ1) is 12.5. The minimum Gasteiger partial charge on any atom is -0.481 e. The Hall–Kier alpha value is -1.53. The van der Waals surface area contributed by atoms with Crippen molar-refractivity contribution in [1.29, 1.82) is 0 Å². The highest BCUT2D eigenvalue weighted by molar-refractivity contribution is 5.61. The van der Waals surface area contributed by atoms with Crippen molar-refractivity contribution in [3.63, 3.8) is 0 Å². The maximum atomic E-state index is 8.50. The third-order valence-electron chi connectivity index (χ3n) is 1.88. The molecule has 0 aliphatic heterocycles. The van der Waals surface area contributed by atoms with Gasteiger partial charge in [-0.2, -0.15) is 4.98 Å². The number of ether oxygens (including phenoxy) is 2. The lowest BCUT2D eigenvalue weighted by Gasteiger charge is -2.09. The summed E-state index contributed by atoms with van der Waals surface area (Å²) < 4.78 is 10.1. The summed E-state index contributed by atoms with van der Waals surface area (Å²) in [5.41, 5.74) is 6.28. The first-order valence-electron chi connectivity index (χ1n) is 5.01. The normalized spacial score (nSPS) is 10.1. The molecule has 0 saturated carbocycles. The van der Waals surface area contributed by atoms with Crippen LogP contribution < -0.4 is 15.8 Å².